The maximum absolute atomic E-state index is 10.5. The summed E-state index contributed by atoms with van der Waals surface area (Å²) in [5.41, 5.74) is 1.03. The van der Waals surface area contributed by atoms with Crippen molar-refractivity contribution in [1.82, 2.24) is 5.32 Å². The van der Waals surface area contributed by atoms with Crippen molar-refractivity contribution in [2.24, 2.45) is 5.92 Å². The fraction of sp³-hybridized carbons (Fsp3) is 0.588. The number of benzene rings is 1. The smallest absolute Gasteiger partial charge is 0.136 e. The molecule has 0 spiro atoms. The highest BCUT2D eigenvalue weighted by Gasteiger charge is 2.31. The van der Waals surface area contributed by atoms with Crippen molar-refractivity contribution < 1.29 is 9.84 Å². The molecule has 0 saturated heterocycles. The molecule has 0 aliphatic heterocycles. The lowest BCUT2D eigenvalue weighted by Crippen LogP contribution is -2.43. The zero-order chi connectivity index (χ0) is 15.3. The molecule has 4 nitrogen and oxygen atoms in total. The molecule has 1 aliphatic rings. The van der Waals surface area contributed by atoms with Gasteiger partial charge < -0.3 is 15.2 Å². The molecule has 0 bridgehead atoms. The van der Waals surface area contributed by atoms with E-state index in [0.717, 1.165) is 37.2 Å². The van der Waals surface area contributed by atoms with Crippen LogP contribution in [-0.4, -0.2) is 24.4 Å². The number of aliphatic hydroxyl groups is 1. The minimum Gasteiger partial charge on any atom is -0.495 e. The van der Waals surface area contributed by atoms with E-state index in [1.807, 2.05) is 12.1 Å². The van der Waals surface area contributed by atoms with Crippen molar-refractivity contribution in [3.63, 3.8) is 0 Å². The van der Waals surface area contributed by atoms with E-state index in [0.29, 0.717) is 24.4 Å². The van der Waals surface area contributed by atoms with E-state index in [1.54, 1.807) is 13.2 Å². The second-order valence-electron chi connectivity index (χ2n) is 6.16. The first-order valence-electron chi connectivity index (χ1n) is 7.56. The first-order chi connectivity index (χ1) is 10.1. The van der Waals surface area contributed by atoms with Gasteiger partial charge >= 0.3 is 0 Å². The van der Waals surface area contributed by atoms with Crippen LogP contribution < -0.4 is 10.1 Å². The van der Waals surface area contributed by atoms with Crippen molar-refractivity contribution in [3.05, 3.63) is 29.3 Å². The monoisotopic (exact) mass is 288 g/mol. The molecule has 1 aromatic carbocycles. The topological polar surface area (TPSA) is 65.3 Å². The second kappa shape index (κ2) is 6.93. The van der Waals surface area contributed by atoms with Gasteiger partial charge in [0.25, 0.3) is 0 Å². The number of nitrogens with zero attached hydrogens (tertiary/aromatic N) is 1. The number of hydrogen-bond donors (Lipinski definition) is 2. The number of methoxy groups -OCH3 is 1. The molecule has 0 amide bonds. The first-order valence-corrected chi connectivity index (χ1v) is 7.56. The normalized spacial score (nSPS) is 25.3. The maximum atomic E-state index is 10.5. The highest BCUT2D eigenvalue weighted by Crippen LogP contribution is 2.31. The lowest BCUT2D eigenvalue weighted by molar-refractivity contribution is -0.00630. The SMILES string of the molecule is COc1cc(CNCC2(O)CCC(C)CC2)ccc1C#N. The van der Waals surface area contributed by atoms with E-state index >= 15 is 0 Å². The lowest BCUT2D eigenvalue weighted by Gasteiger charge is -2.35. The Labute approximate surface area is 126 Å². The second-order valence-corrected chi connectivity index (χ2v) is 6.16. The van der Waals surface area contributed by atoms with Gasteiger partial charge in [-0.15, -0.1) is 0 Å². The van der Waals surface area contributed by atoms with Crippen molar-refractivity contribution >= 4 is 0 Å². The molecule has 0 heterocycles. The Morgan fingerprint density at radius 1 is 1.43 bits per heavy atom. The minimum absolute atomic E-state index is 0.543. The summed E-state index contributed by atoms with van der Waals surface area (Å²) in [6.07, 6.45) is 3.95. The van der Waals surface area contributed by atoms with Gasteiger partial charge in [-0.05, 0) is 49.3 Å². The van der Waals surface area contributed by atoms with Gasteiger partial charge in [-0.2, -0.15) is 5.26 Å². The molecular formula is C17H24N2O2. The average Bonchev–Trinajstić information content (AvgIpc) is 2.50. The van der Waals surface area contributed by atoms with Crippen molar-refractivity contribution in [2.75, 3.05) is 13.7 Å². The summed E-state index contributed by atoms with van der Waals surface area (Å²) in [6, 6.07) is 7.67. The van der Waals surface area contributed by atoms with E-state index < -0.39 is 5.60 Å². The Morgan fingerprint density at radius 3 is 2.76 bits per heavy atom. The molecule has 0 atom stereocenters. The molecule has 114 valence electrons. The fourth-order valence-corrected chi connectivity index (χ4v) is 2.85. The fourth-order valence-electron chi connectivity index (χ4n) is 2.85. The third-order valence-corrected chi connectivity index (χ3v) is 4.37. The van der Waals surface area contributed by atoms with E-state index in [1.165, 1.54) is 0 Å². The molecule has 2 N–H and O–H groups in total. The van der Waals surface area contributed by atoms with Crippen LogP contribution in [0.4, 0.5) is 0 Å². The molecule has 0 unspecified atom stereocenters. The minimum atomic E-state index is -0.566. The molecule has 4 heteroatoms. The predicted molar refractivity (Wildman–Crippen MR) is 82.0 cm³/mol. The predicted octanol–water partition coefficient (Wildman–Crippen LogP) is 2.60. The third-order valence-electron chi connectivity index (χ3n) is 4.37. The van der Waals surface area contributed by atoms with Gasteiger partial charge in [0.15, 0.2) is 0 Å². The Morgan fingerprint density at radius 2 is 2.14 bits per heavy atom. The van der Waals surface area contributed by atoms with Gasteiger partial charge in [0.1, 0.15) is 11.8 Å². The van der Waals surface area contributed by atoms with Crippen LogP contribution in [0.1, 0.15) is 43.7 Å². The van der Waals surface area contributed by atoms with E-state index in [-0.39, 0.29) is 0 Å². The molecule has 21 heavy (non-hydrogen) atoms. The standard InChI is InChI=1S/C17H24N2O2/c1-13-5-7-17(20,8-6-13)12-19-11-14-3-4-15(10-18)16(9-14)21-2/h3-4,9,13,19-20H,5-8,11-12H2,1-2H3. The van der Waals surface area contributed by atoms with Crippen LogP contribution >= 0.6 is 0 Å². The number of nitriles is 1. The molecule has 1 aliphatic carbocycles. The number of nitrogens with one attached hydrogen (secondary N) is 1. The van der Waals surface area contributed by atoms with Crippen molar-refractivity contribution in [2.45, 2.75) is 44.8 Å². The number of ether oxygens (including phenoxy) is 1. The molecule has 1 aromatic rings. The van der Waals surface area contributed by atoms with Gasteiger partial charge in [0.05, 0.1) is 18.3 Å². The van der Waals surface area contributed by atoms with Crippen LogP contribution in [0, 0.1) is 17.2 Å². The van der Waals surface area contributed by atoms with Crippen LogP contribution in [0.2, 0.25) is 0 Å². The van der Waals surface area contributed by atoms with E-state index in [2.05, 4.69) is 18.3 Å². The van der Waals surface area contributed by atoms with Crippen LogP contribution in [0.25, 0.3) is 0 Å². The third kappa shape index (κ3) is 4.20. The molecule has 1 fully saturated rings. The molecule has 0 aromatic heterocycles. The van der Waals surface area contributed by atoms with Crippen molar-refractivity contribution in [1.29, 1.82) is 5.26 Å². The number of hydrogen-bond acceptors (Lipinski definition) is 4. The van der Waals surface area contributed by atoms with E-state index in [4.69, 9.17) is 10.00 Å². The number of rotatable bonds is 5. The van der Waals surface area contributed by atoms with Crippen LogP contribution in [0.3, 0.4) is 0 Å². The molecule has 2 rings (SSSR count). The zero-order valence-electron chi connectivity index (χ0n) is 12.9. The molecule has 1 saturated carbocycles. The maximum Gasteiger partial charge on any atom is 0.136 e. The zero-order valence-corrected chi connectivity index (χ0v) is 12.9. The van der Waals surface area contributed by atoms with Crippen LogP contribution in [0.15, 0.2) is 18.2 Å². The van der Waals surface area contributed by atoms with Crippen LogP contribution in [-0.2, 0) is 6.54 Å². The average molecular weight is 288 g/mol. The van der Waals surface area contributed by atoms with Gasteiger partial charge in [-0.3, -0.25) is 0 Å². The molecule has 0 radical (unpaired) electrons. The van der Waals surface area contributed by atoms with Gasteiger partial charge in [-0.1, -0.05) is 13.0 Å². The largest absolute Gasteiger partial charge is 0.495 e. The highest BCUT2D eigenvalue weighted by atomic mass is 16.5. The van der Waals surface area contributed by atoms with Gasteiger partial charge in [0, 0.05) is 13.1 Å². The van der Waals surface area contributed by atoms with Crippen LogP contribution in [0.5, 0.6) is 5.75 Å². The summed E-state index contributed by atoms with van der Waals surface area (Å²) in [4.78, 5) is 0. The summed E-state index contributed by atoms with van der Waals surface area (Å²) in [7, 11) is 1.57. The quantitative estimate of drug-likeness (QED) is 0.874. The Hall–Kier alpha value is -1.57. The summed E-state index contributed by atoms with van der Waals surface area (Å²) in [6.45, 7) is 3.53. The van der Waals surface area contributed by atoms with Crippen molar-refractivity contribution in [3.8, 4) is 11.8 Å². The summed E-state index contributed by atoms with van der Waals surface area (Å²) >= 11 is 0. The highest BCUT2D eigenvalue weighted by molar-refractivity contribution is 5.45. The molecular weight excluding hydrogens is 264 g/mol. The summed E-state index contributed by atoms with van der Waals surface area (Å²) < 4.78 is 5.21. The Bertz CT molecular complexity index is 514. The van der Waals surface area contributed by atoms with E-state index in [9.17, 15) is 5.11 Å². The van der Waals surface area contributed by atoms with Gasteiger partial charge in [-0.25, -0.2) is 0 Å². The first kappa shape index (κ1) is 15.8. The lowest BCUT2D eigenvalue weighted by atomic mass is 9.79. The Kier molecular flexibility index (Phi) is 5.22. The Balaban J connectivity index is 1.87. The summed E-state index contributed by atoms with van der Waals surface area (Å²) in [5, 5.41) is 22.8. The van der Waals surface area contributed by atoms with Gasteiger partial charge in [0.2, 0.25) is 0 Å². The summed E-state index contributed by atoms with van der Waals surface area (Å²) in [5.74, 6) is 1.33.